The van der Waals surface area contributed by atoms with E-state index in [2.05, 4.69) is 10.3 Å². The second kappa shape index (κ2) is 5.18. The first-order chi connectivity index (χ1) is 10.3. The highest BCUT2D eigenvalue weighted by Gasteiger charge is 2.50. The lowest BCUT2D eigenvalue weighted by molar-refractivity contribution is -0.138. The molecule has 0 bridgehead atoms. The molecule has 2 rings (SSSR count). The van der Waals surface area contributed by atoms with Crippen molar-refractivity contribution in [3.63, 3.8) is 0 Å². The van der Waals surface area contributed by atoms with Gasteiger partial charge < -0.3 is 4.84 Å². The van der Waals surface area contributed by atoms with Crippen LogP contribution in [0, 0.1) is 0 Å². The lowest BCUT2D eigenvalue weighted by atomic mass is 10.1. The third-order valence-electron chi connectivity index (χ3n) is 3.50. The van der Waals surface area contributed by atoms with Crippen LogP contribution >= 0.6 is 0 Å². The maximum absolute atomic E-state index is 14.2. The van der Waals surface area contributed by atoms with E-state index in [1.165, 1.54) is 20.9 Å². The van der Waals surface area contributed by atoms with Gasteiger partial charge in [0.05, 0.1) is 11.3 Å². The summed E-state index contributed by atoms with van der Waals surface area (Å²) in [6.45, 7) is 3.58. The molecular formula is C12H15F4N3O3S. The quantitative estimate of drug-likeness (QED) is 0.762. The molecule has 0 fully saturated rings. The topological polar surface area (TPSA) is 73.5 Å². The minimum atomic E-state index is -4.78. The van der Waals surface area contributed by atoms with Gasteiger partial charge in [0.15, 0.2) is 11.8 Å². The third-order valence-corrected chi connectivity index (χ3v) is 5.52. The molecule has 0 radical (unpaired) electrons. The molecule has 2 heterocycles. The third kappa shape index (κ3) is 2.93. The number of aryl methyl sites for hydroxylation is 1. The maximum Gasteiger partial charge on any atom is 0.419 e. The lowest BCUT2D eigenvalue weighted by Gasteiger charge is -2.19. The number of halogens is 4. The average molecular weight is 357 g/mol. The number of hydrogen-bond donors (Lipinski definition) is 0. The molecule has 0 aliphatic carbocycles. The van der Waals surface area contributed by atoms with Crippen LogP contribution in [0.4, 0.5) is 17.6 Å². The van der Waals surface area contributed by atoms with Crippen molar-refractivity contribution in [2.24, 2.45) is 12.2 Å². The van der Waals surface area contributed by atoms with Gasteiger partial charge in [0.2, 0.25) is 14.9 Å². The Labute approximate surface area is 130 Å². The van der Waals surface area contributed by atoms with Gasteiger partial charge in [-0.3, -0.25) is 4.68 Å². The minimum absolute atomic E-state index is 0.672. The lowest BCUT2D eigenvalue weighted by Crippen LogP contribution is -2.38. The molecule has 6 nitrogen and oxygen atoms in total. The van der Waals surface area contributed by atoms with E-state index in [-0.39, 0.29) is 0 Å². The van der Waals surface area contributed by atoms with E-state index in [9.17, 15) is 26.0 Å². The van der Waals surface area contributed by atoms with E-state index in [0.717, 1.165) is 11.6 Å². The number of oxime groups is 1. The number of aromatic nitrogens is 2. The second-order valence-corrected chi connectivity index (χ2v) is 7.99. The SMILES string of the molecule is CC(c1nn(C)cc1C(F)(F)F)S(=O)(=O)C1=NOC(C)(C)C1F. The Kier molecular flexibility index (Phi) is 3.99. The van der Waals surface area contributed by atoms with Crippen molar-refractivity contribution in [1.29, 1.82) is 0 Å². The summed E-state index contributed by atoms with van der Waals surface area (Å²) in [5, 5.41) is 4.15. The molecule has 0 aromatic carbocycles. The predicted molar refractivity (Wildman–Crippen MR) is 73.0 cm³/mol. The van der Waals surface area contributed by atoms with Gasteiger partial charge in [-0.2, -0.15) is 18.3 Å². The molecule has 11 heteroatoms. The van der Waals surface area contributed by atoms with Gasteiger partial charge in [-0.05, 0) is 20.8 Å². The average Bonchev–Trinajstić information content (AvgIpc) is 2.90. The van der Waals surface area contributed by atoms with Crippen molar-refractivity contribution >= 4 is 14.9 Å². The summed E-state index contributed by atoms with van der Waals surface area (Å²) >= 11 is 0. The fourth-order valence-corrected chi connectivity index (χ4v) is 3.64. The van der Waals surface area contributed by atoms with Gasteiger partial charge >= 0.3 is 6.18 Å². The fraction of sp³-hybridized carbons (Fsp3) is 0.667. The number of rotatable bonds is 2. The molecular weight excluding hydrogens is 342 g/mol. The Morgan fingerprint density at radius 1 is 1.39 bits per heavy atom. The molecule has 1 aliphatic heterocycles. The van der Waals surface area contributed by atoms with Crippen LogP contribution in [0.1, 0.15) is 37.3 Å². The Balaban J connectivity index is 2.48. The summed E-state index contributed by atoms with van der Waals surface area (Å²) in [7, 11) is -3.28. The Bertz CT molecular complexity index is 752. The molecule has 0 saturated heterocycles. The zero-order chi connectivity index (χ0) is 17.8. The molecule has 2 atom stereocenters. The number of hydrogen-bond acceptors (Lipinski definition) is 5. The van der Waals surface area contributed by atoms with Crippen LogP contribution in [0.25, 0.3) is 0 Å². The molecule has 1 aliphatic rings. The van der Waals surface area contributed by atoms with Gasteiger partial charge in [0.25, 0.3) is 0 Å². The van der Waals surface area contributed by atoms with Gasteiger partial charge in [0.1, 0.15) is 5.25 Å². The first-order valence-corrected chi connectivity index (χ1v) is 8.08. The number of nitrogens with zero attached hydrogens (tertiary/aromatic N) is 3. The molecule has 23 heavy (non-hydrogen) atoms. The smallest absolute Gasteiger partial charge is 0.385 e. The van der Waals surface area contributed by atoms with E-state index in [0.29, 0.717) is 6.20 Å². The van der Waals surface area contributed by atoms with Gasteiger partial charge in [-0.25, -0.2) is 12.8 Å². The molecule has 2 unspecified atom stereocenters. The molecule has 130 valence electrons. The number of sulfone groups is 1. The first kappa shape index (κ1) is 17.7. The second-order valence-electron chi connectivity index (χ2n) is 5.77. The minimum Gasteiger partial charge on any atom is -0.385 e. The molecule has 0 saturated carbocycles. The van der Waals surface area contributed by atoms with Gasteiger partial charge in [-0.15, -0.1) is 0 Å². The standard InChI is InChI=1S/C12H15F4N3O3S/c1-6(8-7(12(14,15)16)5-19(4)17-8)23(20,21)10-9(13)11(2,3)22-18-10/h5-6,9H,1-4H3. The monoisotopic (exact) mass is 357 g/mol. The van der Waals surface area contributed by atoms with Crippen LogP contribution in [0.3, 0.4) is 0 Å². The van der Waals surface area contributed by atoms with Crippen molar-refractivity contribution in [2.45, 2.75) is 44.0 Å². The van der Waals surface area contributed by atoms with E-state index in [1.807, 2.05) is 0 Å². The van der Waals surface area contributed by atoms with E-state index in [1.54, 1.807) is 0 Å². The zero-order valence-corrected chi connectivity index (χ0v) is 13.5. The Morgan fingerprint density at radius 3 is 2.39 bits per heavy atom. The summed E-state index contributed by atoms with van der Waals surface area (Å²) < 4.78 is 79.0. The van der Waals surface area contributed by atoms with E-state index in [4.69, 9.17) is 4.84 Å². The van der Waals surface area contributed by atoms with Crippen molar-refractivity contribution in [3.8, 4) is 0 Å². The predicted octanol–water partition coefficient (Wildman–Crippen LogP) is 2.38. The molecule has 0 N–H and O–H groups in total. The fourth-order valence-electron chi connectivity index (χ4n) is 2.10. The van der Waals surface area contributed by atoms with Crippen LogP contribution in [0.5, 0.6) is 0 Å². The summed E-state index contributed by atoms with van der Waals surface area (Å²) in [4.78, 5) is 4.73. The molecule has 1 aromatic heterocycles. The number of alkyl halides is 4. The maximum atomic E-state index is 14.2. The highest BCUT2D eigenvalue weighted by atomic mass is 32.2. The van der Waals surface area contributed by atoms with E-state index >= 15 is 0 Å². The summed E-state index contributed by atoms with van der Waals surface area (Å²) in [6.07, 6.45) is -6.19. The Hall–Kier alpha value is -1.65. The van der Waals surface area contributed by atoms with Gasteiger partial charge in [-0.1, -0.05) is 5.16 Å². The highest BCUT2D eigenvalue weighted by molar-refractivity contribution is 8.06. The van der Waals surface area contributed by atoms with E-state index < -0.39 is 49.3 Å². The highest BCUT2D eigenvalue weighted by Crippen LogP contribution is 2.38. The van der Waals surface area contributed by atoms with Crippen LogP contribution in [-0.2, 0) is 27.9 Å². The molecule has 1 aromatic rings. The van der Waals surface area contributed by atoms with Crippen molar-refractivity contribution in [1.82, 2.24) is 9.78 Å². The van der Waals surface area contributed by atoms with Crippen molar-refractivity contribution in [3.05, 3.63) is 17.5 Å². The van der Waals surface area contributed by atoms with Crippen LogP contribution < -0.4 is 0 Å². The van der Waals surface area contributed by atoms with Gasteiger partial charge in [0, 0.05) is 13.2 Å². The summed E-state index contributed by atoms with van der Waals surface area (Å²) in [5.74, 6) is 0. The zero-order valence-electron chi connectivity index (χ0n) is 12.7. The van der Waals surface area contributed by atoms with Crippen molar-refractivity contribution < 1.29 is 30.8 Å². The van der Waals surface area contributed by atoms with Crippen LogP contribution in [0.2, 0.25) is 0 Å². The largest absolute Gasteiger partial charge is 0.419 e. The molecule has 0 amide bonds. The van der Waals surface area contributed by atoms with Crippen molar-refractivity contribution in [2.75, 3.05) is 0 Å². The van der Waals surface area contributed by atoms with Crippen LogP contribution in [0.15, 0.2) is 11.4 Å². The first-order valence-electron chi connectivity index (χ1n) is 6.53. The Morgan fingerprint density at radius 2 is 1.96 bits per heavy atom. The summed E-state index contributed by atoms with van der Waals surface area (Å²) in [6, 6.07) is 0. The molecule has 0 spiro atoms. The van der Waals surface area contributed by atoms with Crippen LogP contribution in [-0.4, -0.2) is 35.0 Å². The summed E-state index contributed by atoms with van der Waals surface area (Å²) in [5.41, 5.74) is -3.40. The normalized spacial score (nSPS) is 22.6.